The van der Waals surface area contributed by atoms with E-state index in [0.717, 1.165) is 11.3 Å². The van der Waals surface area contributed by atoms with Gasteiger partial charge in [-0.05, 0) is 6.07 Å². The van der Waals surface area contributed by atoms with Crippen LogP contribution in [-0.2, 0) is 6.54 Å². The third-order valence-corrected chi connectivity index (χ3v) is 3.26. The van der Waals surface area contributed by atoms with Crippen LogP contribution in [-0.4, -0.2) is 15.9 Å². The number of carbonyl (C=O) groups is 1. The van der Waals surface area contributed by atoms with Crippen LogP contribution in [0.2, 0.25) is 5.02 Å². The molecular formula is C10H10ClN5O2S. The highest BCUT2D eigenvalue weighted by Gasteiger charge is 2.09. The molecule has 0 bridgehead atoms. The molecule has 0 aliphatic heterocycles. The molecule has 0 spiro atoms. The Bertz CT molecular complexity index is 653. The number of nitrogens with one attached hydrogen (secondary N) is 3. The average Bonchev–Trinajstić information content (AvgIpc) is 2.81. The number of amides is 1. The zero-order valence-corrected chi connectivity index (χ0v) is 11.1. The van der Waals surface area contributed by atoms with Gasteiger partial charge in [0.1, 0.15) is 0 Å². The van der Waals surface area contributed by atoms with Gasteiger partial charge in [0.2, 0.25) is 0 Å². The van der Waals surface area contributed by atoms with Gasteiger partial charge in [-0.3, -0.25) is 9.59 Å². The standard InChI is InChI=1S/C10H10ClN5O2S/c11-7-1-5(2-13-8(7)16-12)9(17)14-3-6-4-19-10(18)15-6/h1-2,4H,3,12H2,(H,13,16)(H,14,17)(H,15,18). The van der Waals surface area contributed by atoms with Crippen molar-refractivity contribution in [2.24, 2.45) is 5.84 Å². The van der Waals surface area contributed by atoms with Crippen LogP contribution in [0.4, 0.5) is 5.82 Å². The summed E-state index contributed by atoms with van der Waals surface area (Å²) in [5, 5.41) is 4.54. The second kappa shape index (κ2) is 5.83. The molecular weight excluding hydrogens is 290 g/mol. The third-order valence-electron chi connectivity index (χ3n) is 2.25. The number of anilines is 1. The Balaban J connectivity index is 2.03. The number of pyridine rings is 1. The molecule has 0 radical (unpaired) electrons. The summed E-state index contributed by atoms with van der Waals surface area (Å²) in [5.74, 6) is 5.13. The fourth-order valence-electron chi connectivity index (χ4n) is 1.35. The van der Waals surface area contributed by atoms with Crippen LogP contribution in [0, 0.1) is 0 Å². The van der Waals surface area contributed by atoms with Crippen molar-refractivity contribution < 1.29 is 4.79 Å². The van der Waals surface area contributed by atoms with Crippen molar-refractivity contribution in [2.75, 3.05) is 5.43 Å². The Kier molecular flexibility index (Phi) is 4.15. The van der Waals surface area contributed by atoms with Gasteiger partial charge in [-0.2, -0.15) is 0 Å². The first-order valence-electron chi connectivity index (χ1n) is 5.17. The van der Waals surface area contributed by atoms with Crippen molar-refractivity contribution in [2.45, 2.75) is 6.54 Å². The highest BCUT2D eigenvalue weighted by atomic mass is 35.5. The molecule has 9 heteroatoms. The second-order valence-electron chi connectivity index (χ2n) is 3.55. The summed E-state index contributed by atoms with van der Waals surface area (Å²) in [5.41, 5.74) is 3.26. The van der Waals surface area contributed by atoms with Gasteiger partial charge in [-0.1, -0.05) is 22.9 Å². The van der Waals surface area contributed by atoms with E-state index in [1.165, 1.54) is 12.3 Å². The first-order chi connectivity index (χ1) is 9.10. The van der Waals surface area contributed by atoms with Gasteiger partial charge in [0, 0.05) is 17.3 Å². The van der Waals surface area contributed by atoms with E-state index >= 15 is 0 Å². The van der Waals surface area contributed by atoms with Gasteiger partial charge in [0.25, 0.3) is 5.91 Å². The van der Waals surface area contributed by atoms with Crippen molar-refractivity contribution in [1.82, 2.24) is 15.3 Å². The number of hydrogen-bond acceptors (Lipinski definition) is 6. The van der Waals surface area contributed by atoms with Gasteiger partial charge in [-0.25, -0.2) is 10.8 Å². The molecule has 2 aromatic heterocycles. The molecule has 0 fully saturated rings. The molecule has 0 saturated heterocycles. The van der Waals surface area contributed by atoms with Crippen LogP contribution in [0.1, 0.15) is 16.1 Å². The molecule has 0 unspecified atom stereocenters. The molecule has 2 rings (SSSR count). The fraction of sp³-hybridized carbons (Fsp3) is 0.100. The summed E-state index contributed by atoms with van der Waals surface area (Å²) in [7, 11) is 0. The lowest BCUT2D eigenvalue weighted by atomic mass is 10.2. The van der Waals surface area contributed by atoms with Gasteiger partial charge in [0.15, 0.2) is 5.82 Å². The summed E-state index contributed by atoms with van der Waals surface area (Å²) < 4.78 is 0. The summed E-state index contributed by atoms with van der Waals surface area (Å²) in [4.78, 5) is 29.1. The Labute approximate surface area is 116 Å². The van der Waals surface area contributed by atoms with Gasteiger partial charge in [-0.15, -0.1) is 0 Å². The summed E-state index contributed by atoms with van der Waals surface area (Å²) in [6, 6.07) is 1.45. The van der Waals surface area contributed by atoms with E-state index in [1.54, 1.807) is 5.38 Å². The van der Waals surface area contributed by atoms with E-state index < -0.39 is 0 Å². The first-order valence-corrected chi connectivity index (χ1v) is 6.43. The van der Waals surface area contributed by atoms with Gasteiger partial charge < -0.3 is 15.7 Å². The lowest BCUT2D eigenvalue weighted by Gasteiger charge is -2.06. The van der Waals surface area contributed by atoms with Crippen molar-refractivity contribution in [3.63, 3.8) is 0 Å². The van der Waals surface area contributed by atoms with E-state index in [2.05, 4.69) is 20.7 Å². The molecule has 0 aliphatic carbocycles. The predicted octanol–water partition coefficient (Wildman–Crippen LogP) is 0.700. The second-order valence-corrected chi connectivity index (χ2v) is 4.80. The first kappa shape index (κ1) is 13.5. The zero-order chi connectivity index (χ0) is 13.8. The van der Waals surface area contributed by atoms with Crippen LogP contribution < -0.4 is 21.5 Å². The summed E-state index contributed by atoms with van der Waals surface area (Å²) in [6.07, 6.45) is 1.35. The number of hydrazine groups is 1. The fourth-order valence-corrected chi connectivity index (χ4v) is 2.15. The third kappa shape index (κ3) is 3.31. The number of nitrogens with two attached hydrogens (primary N) is 1. The van der Waals surface area contributed by atoms with Crippen LogP contribution >= 0.6 is 22.9 Å². The molecule has 19 heavy (non-hydrogen) atoms. The number of hydrogen-bond donors (Lipinski definition) is 4. The highest BCUT2D eigenvalue weighted by Crippen LogP contribution is 2.18. The van der Waals surface area contributed by atoms with Crippen LogP contribution in [0.5, 0.6) is 0 Å². The minimum absolute atomic E-state index is 0.160. The van der Waals surface area contributed by atoms with Gasteiger partial charge >= 0.3 is 4.87 Å². The van der Waals surface area contributed by atoms with Crippen LogP contribution in [0.25, 0.3) is 0 Å². The van der Waals surface area contributed by atoms with Gasteiger partial charge in [0.05, 0.1) is 17.1 Å². The minimum atomic E-state index is -0.343. The molecule has 1 amide bonds. The van der Waals surface area contributed by atoms with Crippen molar-refractivity contribution in [3.8, 4) is 0 Å². The maximum atomic E-state index is 11.8. The van der Waals surface area contributed by atoms with E-state index in [1.807, 2.05) is 0 Å². The van der Waals surface area contributed by atoms with E-state index in [-0.39, 0.29) is 22.3 Å². The predicted molar refractivity (Wildman–Crippen MR) is 73.2 cm³/mol. The number of aromatic amines is 1. The molecule has 0 aromatic carbocycles. The van der Waals surface area contributed by atoms with Crippen molar-refractivity contribution in [1.29, 1.82) is 0 Å². The van der Waals surface area contributed by atoms with E-state index in [4.69, 9.17) is 17.4 Å². The SMILES string of the molecule is NNc1ncc(C(=O)NCc2csc(=O)[nH]2)cc1Cl. The maximum Gasteiger partial charge on any atom is 0.304 e. The molecule has 0 atom stereocenters. The molecule has 7 nitrogen and oxygen atoms in total. The number of aromatic nitrogens is 2. The number of halogens is 1. The summed E-state index contributed by atoms with van der Waals surface area (Å²) >= 11 is 6.90. The Morgan fingerprint density at radius 1 is 1.58 bits per heavy atom. The lowest BCUT2D eigenvalue weighted by molar-refractivity contribution is 0.0950. The Morgan fingerprint density at radius 3 is 2.95 bits per heavy atom. The van der Waals surface area contributed by atoms with Crippen LogP contribution in [0.3, 0.4) is 0 Å². The van der Waals surface area contributed by atoms with E-state index in [9.17, 15) is 9.59 Å². The number of nitrogens with zero attached hydrogens (tertiary/aromatic N) is 1. The number of rotatable bonds is 4. The summed E-state index contributed by atoms with van der Waals surface area (Å²) in [6.45, 7) is 0.228. The monoisotopic (exact) mass is 299 g/mol. The molecule has 2 heterocycles. The maximum absolute atomic E-state index is 11.8. The smallest absolute Gasteiger partial charge is 0.304 e. The average molecular weight is 300 g/mol. The Hall–Kier alpha value is -1.90. The zero-order valence-electron chi connectivity index (χ0n) is 9.57. The lowest BCUT2D eigenvalue weighted by Crippen LogP contribution is -2.23. The number of thiazole rings is 1. The van der Waals surface area contributed by atoms with Crippen LogP contribution in [0.15, 0.2) is 22.4 Å². The topological polar surface area (TPSA) is 113 Å². The highest BCUT2D eigenvalue weighted by molar-refractivity contribution is 7.07. The molecule has 5 N–H and O–H groups in total. The van der Waals surface area contributed by atoms with E-state index in [0.29, 0.717) is 17.1 Å². The Morgan fingerprint density at radius 2 is 2.37 bits per heavy atom. The van der Waals surface area contributed by atoms with Crippen molar-refractivity contribution >= 4 is 34.7 Å². The minimum Gasteiger partial charge on any atom is -0.346 e. The molecule has 0 aliphatic rings. The number of H-pyrrole nitrogens is 1. The number of carbonyl (C=O) groups excluding carboxylic acids is 1. The molecule has 0 saturated carbocycles. The van der Waals surface area contributed by atoms with Crippen molar-refractivity contribution in [3.05, 3.63) is 43.6 Å². The number of nitrogen functional groups attached to an aromatic ring is 1. The molecule has 100 valence electrons. The largest absolute Gasteiger partial charge is 0.346 e. The molecule has 2 aromatic rings. The quantitative estimate of drug-likeness (QED) is 0.490. The normalized spacial score (nSPS) is 10.2.